The molecule has 68 valence electrons. The maximum atomic E-state index is 3.58. The molecule has 1 atom stereocenters. The highest BCUT2D eigenvalue weighted by molar-refractivity contribution is 9.10. The summed E-state index contributed by atoms with van der Waals surface area (Å²) in [6, 6.07) is 8.44. The molecule has 0 nitrogen and oxygen atoms in total. The number of thiol groups is 1. The maximum Gasteiger partial charge on any atom is 0.0299 e. The van der Waals surface area contributed by atoms with Gasteiger partial charge in [-0.1, -0.05) is 18.2 Å². The van der Waals surface area contributed by atoms with Crippen molar-refractivity contribution in [3.8, 4) is 0 Å². The third-order valence-corrected chi connectivity index (χ3v) is 5.07. The average molecular weight is 255 g/mol. The molecule has 1 aliphatic heterocycles. The van der Waals surface area contributed by atoms with E-state index in [4.69, 9.17) is 0 Å². The van der Waals surface area contributed by atoms with Crippen molar-refractivity contribution >= 4 is 26.8 Å². The first-order chi connectivity index (χ1) is 6.27. The van der Waals surface area contributed by atoms with Crippen molar-refractivity contribution in [1.82, 2.24) is 0 Å². The highest BCUT2D eigenvalue weighted by Gasteiger charge is 2.07. The predicted octanol–water partition coefficient (Wildman–Crippen LogP) is 4.24. The predicted molar refractivity (Wildman–Crippen MR) is 64.3 cm³/mol. The van der Waals surface area contributed by atoms with Gasteiger partial charge < -0.3 is 0 Å². The van der Waals surface area contributed by atoms with Crippen LogP contribution in [-0.4, -0.2) is 0 Å². The van der Waals surface area contributed by atoms with Crippen LogP contribution in [-0.2, 0) is 0 Å². The van der Waals surface area contributed by atoms with E-state index < -0.39 is 0 Å². The van der Waals surface area contributed by atoms with Crippen LogP contribution in [0.3, 0.4) is 0 Å². The van der Waals surface area contributed by atoms with Crippen LogP contribution in [0.4, 0.5) is 0 Å². The number of hydrogen-bond donors (Lipinski definition) is 1. The monoisotopic (exact) mass is 254 g/mol. The van der Waals surface area contributed by atoms with Crippen LogP contribution >= 0.6 is 26.8 Å². The van der Waals surface area contributed by atoms with Crippen LogP contribution < -0.4 is 0 Å². The molecule has 1 heterocycles. The summed E-state index contributed by atoms with van der Waals surface area (Å²) in [7, 11) is -0.190. The quantitative estimate of drug-likeness (QED) is 0.713. The molecule has 1 aromatic rings. The highest BCUT2D eigenvalue weighted by Crippen LogP contribution is 2.46. The van der Waals surface area contributed by atoms with Gasteiger partial charge in [-0.15, -0.1) is 0 Å². The summed E-state index contributed by atoms with van der Waals surface area (Å²) < 4.78 is 1.22. The van der Waals surface area contributed by atoms with Gasteiger partial charge in [-0.2, -0.15) is 10.9 Å². The number of allylic oxidation sites excluding steroid dienone is 2. The Morgan fingerprint density at radius 1 is 1.23 bits per heavy atom. The van der Waals surface area contributed by atoms with Crippen molar-refractivity contribution in [3.63, 3.8) is 0 Å². The smallest absolute Gasteiger partial charge is 0.0299 e. The molecule has 1 unspecified atom stereocenters. The van der Waals surface area contributed by atoms with Gasteiger partial charge in [-0.25, -0.2) is 0 Å². The lowest BCUT2D eigenvalue weighted by Gasteiger charge is -2.11. The van der Waals surface area contributed by atoms with Gasteiger partial charge in [0.05, 0.1) is 0 Å². The van der Waals surface area contributed by atoms with E-state index in [9.17, 15) is 0 Å². The molecule has 0 radical (unpaired) electrons. The molecular formula is C11H11BrS. The van der Waals surface area contributed by atoms with E-state index in [0.717, 1.165) is 0 Å². The van der Waals surface area contributed by atoms with Crippen molar-refractivity contribution < 1.29 is 0 Å². The minimum atomic E-state index is -0.190. The molecule has 2 rings (SSSR count). The fourth-order valence-electron chi connectivity index (χ4n) is 1.31. The van der Waals surface area contributed by atoms with Gasteiger partial charge in [0.25, 0.3) is 0 Å². The largest absolute Gasteiger partial charge is 0.185 e. The number of benzene rings is 1. The Bertz CT molecular complexity index is 379. The van der Waals surface area contributed by atoms with Gasteiger partial charge in [0.2, 0.25) is 0 Å². The molecule has 0 fully saturated rings. The molecule has 2 heteroatoms. The van der Waals surface area contributed by atoms with Crippen LogP contribution in [0, 0.1) is 0 Å². The second-order valence-corrected chi connectivity index (χ2v) is 5.75. The van der Waals surface area contributed by atoms with E-state index in [1.165, 1.54) is 14.9 Å². The zero-order valence-corrected chi connectivity index (χ0v) is 9.85. The Kier molecular flexibility index (Phi) is 2.61. The molecule has 0 spiro atoms. The first-order valence-electron chi connectivity index (χ1n) is 4.17. The summed E-state index contributed by atoms with van der Waals surface area (Å²) >= 11 is 3.58. The fourth-order valence-corrected chi connectivity index (χ4v) is 4.10. The van der Waals surface area contributed by atoms with Gasteiger partial charge >= 0.3 is 0 Å². The van der Waals surface area contributed by atoms with E-state index in [2.05, 4.69) is 64.0 Å². The average Bonchev–Trinajstić information content (AvgIpc) is 2.53. The van der Waals surface area contributed by atoms with Gasteiger partial charge in [-0.3, -0.25) is 0 Å². The summed E-state index contributed by atoms with van der Waals surface area (Å²) in [6.07, 6.45) is 2.20. The lowest BCUT2D eigenvalue weighted by Crippen LogP contribution is -1.76. The van der Waals surface area contributed by atoms with Gasteiger partial charge in [0.15, 0.2) is 0 Å². The second kappa shape index (κ2) is 3.72. The fraction of sp³-hybridized carbons (Fsp3) is 0.0909. The summed E-state index contributed by atoms with van der Waals surface area (Å²) in [5.74, 6) is 0. The molecule has 0 saturated heterocycles. The Morgan fingerprint density at radius 3 is 2.62 bits per heavy atom. The summed E-state index contributed by atoms with van der Waals surface area (Å²) in [6.45, 7) is 2.15. The van der Waals surface area contributed by atoms with Gasteiger partial charge in [0, 0.05) is 9.37 Å². The summed E-state index contributed by atoms with van der Waals surface area (Å²) in [4.78, 5) is 1.41. The van der Waals surface area contributed by atoms with Crippen molar-refractivity contribution in [2.45, 2.75) is 11.8 Å². The number of rotatable bonds is 1. The van der Waals surface area contributed by atoms with Crippen LogP contribution in [0.15, 0.2) is 56.1 Å². The normalized spacial score (nSPS) is 23.2. The Labute approximate surface area is 89.8 Å². The van der Waals surface area contributed by atoms with Crippen LogP contribution in [0.1, 0.15) is 6.92 Å². The standard InChI is InChI=1S/C11H11BrS/c1-9-6-7-13(8-9)11-5-3-2-4-10(11)12/h2-8,13H,1H3. The molecule has 1 aromatic carbocycles. The first-order valence-corrected chi connectivity index (χ1v) is 6.44. The molecule has 13 heavy (non-hydrogen) atoms. The number of halogens is 1. The van der Waals surface area contributed by atoms with Crippen molar-refractivity contribution in [2.24, 2.45) is 0 Å². The number of hydrogen-bond acceptors (Lipinski definition) is 0. The lowest BCUT2D eigenvalue weighted by atomic mass is 10.4. The van der Waals surface area contributed by atoms with Crippen molar-refractivity contribution in [1.29, 1.82) is 0 Å². The third kappa shape index (κ3) is 1.89. The Morgan fingerprint density at radius 2 is 2.00 bits per heavy atom. The zero-order chi connectivity index (χ0) is 9.26. The van der Waals surface area contributed by atoms with Crippen LogP contribution in [0.2, 0.25) is 0 Å². The van der Waals surface area contributed by atoms with Crippen LogP contribution in [0.5, 0.6) is 0 Å². The molecule has 0 bridgehead atoms. The van der Waals surface area contributed by atoms with E-state index in [1.54, 1.807) is 0 Å². The summed E-state index contributed by atoms with van der Waals surface area (Å²) in [5.41, 5.74) is 1.38. The molecule has 0 N–H and O–H groups in total. The van der Waals surface area contributed by atoms with Crippen molar-refractivity contribution in [3.05, 3.63) is 51.2 Å². The summed E-state index contributed by atoms with van der Waals surface area (Å²) in [5, 5.41) is 4.64. The molecular weight excluding hydrogens is 244 g/mol. The molecule has 0 saturated carbocycles. The van der Waals surface area contributed by atoms with Gasteiger partial charge in [0.1, 0.15) is 0 Å². The zero-order valence-electron chi connectivity index (χ0n) is 7.37. The lowest BCUT2D eigenvalue weighted by molar-refractivity contribution is 1.41. The minimum Gasteiger partial charge on any atom is -0.185 e. The van der Waals surface area contributed by atoms with E-state index in [1.807, 2.05) is 0 Å². The minimum absolute atomic E-state index is 0.190. The maximum absolute atomic E-state index is 3.58. The third-order valence-electron chi connectivity index (χ3n) is 1.97. The van der Waals surface area contributed by atoms with Crippen LogP contribution in [0.25, 0.3) is 0 Å². The van der Waals surface area contributed by atoms with E-state index in [0.29, 0.717) is 0 Å². The van der Waals surface area contributed by atoms with E-state index >= 15 is 0 Å². The first kappa shape index (κ1) is 9.10. The SMILES string of the molecule is CC1=C[SH](c2ccccc2Br)C=C1. The second-order valence-electron chi connectivity index (χ2n) is 3.05. The molecule has 1 aliphatic rings. The van der Waals surface area contributed by atoms with Crippen molar-refractivity contribution in [2.75, 3.05) is 0 Å². The Hall–Kier alpha value is -0.470. The van der Waals surface area contributed by atoms with E-state index in [-0.39, 0.29) is 10.9 Å². The molecule has 0 aliphatic carbocycles. The molecule has 0 aromatic heterocycles. The molecule has 0 amide bonds. The topological polar surface area (TPSA) is 0 Å². The highest BCUT2D eigenvalue weighted by atomic mass is 79.9. The Balaban J connectivity index is 2.38. The van der Waals surface area contributed by atoms with Gasteiger partial charge in [-0.05, 0) is 51.4 Å².